The summed E-state index contributed by atoms with van der Waals surface area (Å²) >= 11 is 0. The number of aromatic nitrogens is 4. The van der Waals surface area contributed by atoms with Gasteiger partial charge in [-0.05, 0) is 42.6 Å². The van der Waals surface area contributed by atoms with Gasteiger partial charge in [0.2, 0.25) is 0 Å². The fourth-order valence-electron chi connectivity index (χ4n) is 4.76. The van der Waals surface area contributed by atoms with Gasteiger partial charge in [0.15, 0.2) is 0 Å². The number of benzene rings is 2. The number of pyridine rings is 1. The van der Waals surface area contributed by atoms with Gasteiger partial charge in [-0.25, -0.2) is 14.2 Å². The average Bonchev–Trinajstić information content (AvgIpc) is 3.36. The first-order valence-electron chi connectivity index (χ1n) is 11.9. The van der Waals surface area contributed by atoms with Crippen molar-refractivity contribution in [2.24, 2.45) is 0 Å². The van der Waals surface area contributed by atoms with Crippen LogP contribution in [0.1, 0.15) is 16.8 Å². The van der Waals surface area contributed by atoms with Gasteiger partial charge in [0.1, 0.15) is 28.5 Å². The van der Waals surface area contributed by atoms with Crippen LogP contribution in [0.25, 0.3) is 38.5 Å². The van der Waals surface area contributed by atoms with Crippen molar-refractivity contribution >= 4 is 33.0 Å². The highest BCUT2D eigenvalue weighted by Crippen LogP contribution is 2.38. The zero-order valence-corrected chi connectivity index (χ0v) is 20.8. The molecule has 2 aromatic carbocycles. The normalized spacial score (nSPS) is 11.2. The van der Waals surface area contributed by atoms with E-state index in [1.54, 1.807) is 13.3 Å². The zero-order chi connectivity index (χ0) is 27.3. The maximum Gasteiger partial charge on any atom is 0.349 e. The van der Waals surface area contributed by atoms with E-state index in [9.17, 15) is 14.3 Å². The standard InChI is InChI=1S/C29H20FN5O4/c1-4-18-20(30)9-8-16-11-17(36)12-19(23(16)18)26-15(2)25-24(28(37)39-26)27(34-29(33-25)38-3)31-13-21-22-7-5-6-10-35(22)14-32-21/h1,5-12,14,36H,13H2,2-3H3,(H,31,33,34). The Morgan fingerprint density at radius 2 is 2.05 bits per heavy atom. The molecule has 0 aliphatic rings. The third-order valence-corrected chi connectivity index (χ3v) is 6.55. The van der Waals surface area contributed by atoms with E-state index < -0.39 is 11.4 Å². The van der Waals surface area contributed by atoms with E-state index in [1.165, 1.54) is 31.4 Å². The van der Waals surface area contributed by atoms with E-state index in [0.717, 1.165) is 11.2 Å². The second-order valence-electron chi connectivity index (χ2n) is 8.82. The van der Waals surface area contributed by atoms with Crippen LogP contribution < -0.4 is 15.7 Å². The topological polar surface area (TPSA) is 115 Å². The van der Waals surface area contributed by atoms with E-state index in [-0.39, 0.29) is 51.9 Å². The van der Waals surface area contributed by atoms with Crippen molar-refractivity contribution in [1.29, 1.82) is 0 Å². The van der Waals surface area contributed by atoms with Crippen LogP contribution in [-0.4, -0.2) is 31.6 Å². The van der Waals surface area contributed by atoms with Crippen LogP contribution in [0, 0.1) is 25.1 Å². The number of fused-ring (bicyclic) bond motifs is 3. The van der Waals surface area contributed by atoms with Gasteiger partial charge in [-0.3, -0.25) is 0 Å². The van der Waals surface area contributed by atoms with Gasteiger partial charge < -0.3 is 24.0 Å². The van der Waals surface area contributed by atoms with Crippen molar-refractivity contribution in [1.82, 2.24) is 19.4 Å². The minimum absolute atomic E-state index is 0.0143. The highest BCUT2D eigenvalue weighted by Gasteiger charge is 2.23. The number of aromatic hydroxyl groups is 1. The molecule has 0 saturated carbocycles. The maximum absolute atomic E-state index is 14.7. The van der Waals surface area contributed by atoms with E-state index in [2.05, 4.69) is 26.2 Å². The Balaban J connectivity index is 1.56. The molecule has 0 amide bonds. The molecular weight excluding hydrogens is 501 g/mol. The lowest BCUT2D eigenvalue weighted by Gasteiger charge is -2.14. The number of methoxy groups -OCH3 is 1. The Morgan fingerprint density at radius 3 is 2.85 bits per heavy atom. The summed E-state index contributed by atoms with van der Waals surface area (Å²) < 4.78 is 27.6. The van der Waals surface area contributed by atoms with Crippen LogP contribution >= 0.6 is 0 Å². The van der Waals surface area contributed by atoms with Crippen molar-refractivity contribution in [3.05, 3.63) is 88.0 Å². The SMILES string of the molecule is C#Cc1c(F)ccc2cc(O)cc(-c3oc(=O)c4c(NCc5ncn6ccccc56)nc(OC)nc4c3C)c12. The Labute approximate surface area is 220 Å². The molecule has 0 radical (unpaired) electrons. The van der Waals surface area contributed by atoms with Crippen LogP contribution in [0.2, 0.25) is 0 Å². The molecule has 6 aromatic rings. The number of ether oxygens (including phenoxy) is 1. The first kappa shape index (κ1) is 23.9. The Bertz CT molecular complexity index is 2040. The molecule has 6 rings (SSSR count). The number of hydrogen-bond donors (Lipinski definition) is 2. The number of imidazole rings is 1. The molecular formula is C29H20FN5O4. The van der Waals surface area contributed by atoms with Crippen molar-refractivity contribution in [2.45, 2.75) is 13.5 Å². The van der Waals surface area contributed by atoms with Crippen LogP contribution in [0.3, 0.4) is 0 Å². The predicted octanol–water partition coefficient (Wildman–Crippen LogP) is 4.81. The summed E-state index contributed by atoms with van der Waals surface area (Å²) in [5, 5.41) is 14.5. The fraction of sp³-hybridized carbons (Fsp3) is 0.103. The number of anilines is 1. The minimum Gasteiger partial charge on any atom is -0.508 e. The predicted molar refractivity (Wildman–Crippen MR) is 144 cm³/mol. The molecule has 4 aromatic heterocycles. The van der Waals surface area contributed by atoms with Crippen molar-refractivity contribution < 1.29 is 18.7 Å². The number of hydrogen-bond acceptors (Lipinski definition) is 8. The lowest BCUT2D eigenvalue weighted by atomic mass is 9.95. The maximum atomic E-state index is 14.7. The van der Waals surface area contributed by atoms with Gasteiger partial charge in [-0.2, -0.15) is 9.97 Å². The molecule has 9 nitrogen and oxygen atoms in total. The lowest BCUT2D eigenvalue weighted by Crippen LogP contribution is -2.12. The Morgan fingerprint density at radius 1 is 1.21 bits per heavy atom. The Hall–Kier alpha value is -5.43. The molecule has 10 heteroatoms. The number of nitrogens with zero attached hydrogens (tertiary/aromatic N) is 4. The molecule has 2 N–H and O–H groups in total. The summed E-state index contributed by atoms with van der Waals surface area (Å²) in [5.74, 6) is 1.94. The molecule has 0 unspecified atom stereocenters. The Kier molecular flexibility index (Phi) is 5.61. The van der Waals surface area contributed by atoms with Crippen molar-refractivity contribution in [3.63, 3.8) is 0 Å². The van der Waals surface area contributed by atoms with Gasteiger partial charge in [-0.1, -0.05) is 18.1 Å². The van der Waals surface area contributed by atoms with Gasteiger partial charge in [0, 0.05) is 22.7 Å². The number of phenols is 1. The van der Waals surface area contributed by atoms with Crippen molar-refractivity contribution in [2.75, 3.05) is 12.4 Å². The number of aryl methyl sites for hydroxylation is 1. The molecule has 0 fully saturated rings. The number of rotatable bonds is 5. The second kappa shape index (κ2) is 9.15. The highest BCUT2D eigenvalue weighted by atomic mass is 19.1. The van der Waals surface area contributed by atoms with E-state index in [4.69, 9.17) is 15.6 Å². The van der Waals surface area contributed by atoms with Gasteiger partial charge in [0.05, 0.1) is 42.3 Å². The first-order chi connectivity index (χ1) is 18.9. The van der Waals surface area contributed by atoms with Crippen LogP contribution in [0.4, 0.5) is 10.2 Å². The van der Waals surface area contributed by atoms with Gasteiger partial charge >= 0.3 is 11.6 Å². The first-order valence-corrected chi connectivity index (χ1v) is 11.9. The van der Waals surface area contributed by atoms with Crippen molar-refractivity contribution in [3.8, 4) is 35.4 Å². The molecule has 0 aliphatic carbocycles. The van der Waals surface area contributed by atoms with E-state index in [1.807, 2.05) is 28.8 Å². The van der Waals surface area contributed by atoms with Gasteiger partial charge in [0.25, 0.3) is 0 Å². The molecule has 0 spiro atoms. The third-order valence-electron chi connectivity index (χ3n) is 6.55. The summed E-state index contributed by atoms with van der Waals surface area (Å²) in [5.41, 5.74) is 1.85. The summed E-state index contributed by atoms with van der Waals surface area (Å²) in [4.78, 5) is 26.7. The smallest absolute Gasteiger partial charge is 0.349 e. The molecule has 39 heavy (non-hydrogen) atoms. The summed E-state index contributed by atoms with van der Waals surface area (Å²) in [7, 11) is 1.42. The number of nitrogens with one attached hydrogen (secondary N) is 1. The van der Waals surface area contributed by atoms with E-state index >= 15 is 0 Å². The quantitative estimate of drug-likeness (QED) is 0.311. The molecule has 0 atom stereocenters. The fourth-order valence-corrected chi connectivity index (χ4v) is 4.76. The monoisotopic (exact) mass is 521 g/mol. The lowest BCUT2D eigenvalue weighted by molar-refractivity contribution is 0.382. The number of halogens is 1. The minimum atomic E-state index is -0.736. The number of terminal acetylenes is 1. The van der Waals surface area contributed by atoms with Crippen LogP contribution in [0.15, 0.2) is 64.2 Å². The number of phenolic OH excluding ortho intramolecular Hbond substituents is 1. The molecule has 192 valence electrons. The highest BCUT2D eigenvalue weighted by molar-refractivity contribution is 6.03. The average molecular weight is 522 g/mol. The van der Waals surface area contributed by atoms with Crippen LogP contribution in [-0.2, 0) is 6.54 Å². The zero-order valence-electron chi connectivity index (χ0n) is 20.8. The summed E-state index contributed by atoms with van der Waals surface area (Å²) in [6, 6.07) is 11.3. The molecule has 0 saturated heterocycles. The molecule has 0 bridgehead atoms. The largest absolute Gasteiger partial charge is 0.508 e. The summed E-state index contributed by atoms with van der Waals surface area (Å²) in [6.07, 6.45) is 9.21. The van der Waals surface area contributed by atoms with Crippen LogP contribution in [0.5, 0.6) is 11.8 Å². The third kappa shape index (κ3) is 3.88. The molecule has 4 heterocycles. The van der Waals surface area contributed by atoms with E-state index in [0.29, 0.717) is 16.3 Å². The second-order valence-corrected chi connectivity index (χ2v) is 8.82. The van der Waals surface area contributed by atoms with Gasteiger partial charge in [-0.15, -0.1) is 6.42 Å². The summed E-state index contributed by atoms with van der Waals surface area (Å²) in [6.45, 7) is 1.96. The molecule has 0 aliphatic heterocycles.